The van der Waals surface area contributed by atoms with Crippen molar-refractivity contribution in [2.24, 2.45) is 5.84 Å². The van der Waals surface area contributed by atoms with Gasteiger partial charge in [0.2, 0.25) is 10.0 Å². The number of nitrogens with zero attached hydrogens (tertiary/aromatic N) is 1. The van der Waals surface area contributed by atoms with E-state index in [0.29, 0.717) is 28.3 Å². The first-order chi connectivity index (χ1) is 9.85. The number of nitrogens with one attached hydrogen (secondary N) is 2. The summed E-state index contributed by atoms with van der Waals surface area (Å²) in [4.78, 5) is 2.55. The summed E-state index contributed by atoms with van der Waals surface area (Å²) in [7, 11) is -1.47. The first-order valence-electron chi connectivity index (χ1n) is 7.13. The number of hydrogen-bond acceptors (Lipinski definition) is 5. The number of hydrazine groups is 1. The molecule has 0 aromatic heterocycles. The highest BCUT2D eigenvalue weighted by Gasteiger charge is 2.25. The minimum atomic E-state index is -3.50. The van der Waals surface area contributed by atoms with Crippen molar-refractivity contribution in [2.75, 3.05) is 25.6 Å². The van der Waals surface area contributed by atoms with E-state index in [-0.39, 0.29) is 6.04 Å². The Hall–Kier alpha value is -1.15. The number of anilines is 1. The largest absolute Gasteiger partial charge is 0.324 e. The van der Waals surface area contributed by atoms with E-state index in [2.05, 4.69) is 15.0 Å². The lowest BCUT2D eigenvalue weighted by molar-refractivity contribution is 0.311. The first kappa shape index (κ1) is 16.2. The number of nitrogens with two attached hydrogens (primary N) is 1. The van der Waals surface area contributed by atoms with E-state index in [4.69, 9.17) is 5.84 Å². The summed E-state index contributed by atoms with van der Waals surface area (Å²) in [6.45, 7) is 5.05. The molecular weight excluding hydrogens is 288 g/mol. The zero-order chi connectivity index (χ0) is 15.6. The van der Waals surface area contributed by atoms with Crippen LogP contribution in [0.15, 0.2) is 17.0 Å². The van der Waals surface area contributed by atoms with Gasteiger partial charge in [0, 0.05) is 18.3 Å². The lowest BCUT2D eigenvalue weighted by Crippen LogP contribution is -2.38. The van der Waals surface area contributed by atoms with E-state index in [1.807, 2.05) is 7.05 Å². The van der Waals surface area contributed by atoms with Crippen LogP contribution in [0, 0.1) is 13.8 Å². The predicted octanol–water partition coefficient (Wildman–Crippen LogP) is 0.962. The Labute approximate surface area is 126 Å². The number of sulfonamides is 1. The normalized spacial score (nSPS) is 19.9. The molecule has 1 aromatic carbocycles. The number of likely N-dealkylation sites (N-methyl/N-ethyl adjacent to an activating group) is 1. The summed E-state index contributed by atoms with van der Waals surface area (Å²) in [5.74, 6) is 5.38. The smallest absolute Gasteiger partial charge is 0.241 e. The van der Waals surface area contributed by atoms with Crippen molar-refractivity contribution in [1.29, 1.82) is 0 Å². The molecule has 21 heavy (non-hydrogen) atoms. The fraction of sp³-hybridized carbons (Fsp3) is 0.571. The molecule has 0 bridgehead atoms. The van der Waals surface area contributed by atoms with E-state index >= 15 is 0 Å². The van der Waals surface area contributed by atoms with Gasteiger partial charge in [-0.05, 0) is 63.5 Å². The summed E-state index contributed by atoms with van der Waals surface area (Å²) >= 11 is 0. The lowest BCUT2D eigenvalue weighted by atomic mass is 10.1. The molecule has 1 unspecified atom stereocenters. The summed E-state index contributed by atoms with van der Waals surface area (Å²) in [5.41, 5.74) is 4.64. The van der Waals surface area contributed by atoms with Gasteiger partial charge in [0.15, 0.2) is 0 Å². The van der Waals surface area contributed by atoms with Crippen molar-refractivity contribution in [3.63, 3.8) is 0 Å². The van der Waals surface area contributed by atoms with E-state index in [1.165, 1.54) is 0 Å². The number of likely N-dealkylation sites (tertiary alicyclic amines) is 1. The molecule has 0 spiro atoms. The van der Waals surface area contributed by atoms with Gasteiger partial charge in [-0.3, -0.25) is 5.84 Å². The van der Waals surface area contributed by atoms with E-state index in [1.54, 1.807) is 26.0 Å². The molecule has 1 heterocycles. The van der Waals surface area contributed by atoms with Crippen LogP contribution >= 0.6 is 0 Å². The summed E-state index contributed by atoms with van der Waals surface area (Å²) in [6, 6.07) is 3.76. The van der Waals surface area contributed by atoms with Gasteiger partial charge in [0.1, 0.15) is 0 Å². The summed E-state index contributed by atoms with van der Waals surface area (Å²) < 4.78 is 27.9. The fourth-order valence-corrected chi connectivity index (χ4v) is 4.49. The molecule has 4 N–H and O–H groups in total. The van der Waals surface area contributed by atoms with Crippen molar-refractivity contribution in [3.8, 4) is 0 Å². The molecule has 2 rings (SSSR count). The van der Waals surface area contributed by atoms with Crippen molar-refractivity contribution >= 4 is 15.7 Å². The average molecular weight is 312 g/mol. The predicted molar refractivity (Wildman–Crippen MR) is 84.6 cm³/mol. The third-order valence-corrected chi connectivity index (χ3v) is 5.80. The summed E-state index contributed by atoms with van der Waals surface area (Å²) in [5, 5.41) is 0. The highest BCUT2D eigenvalue weighted by molar-refractivity contribution is 7.89. The maximum atomic E-state index is 12.6. The third-order valence-electron chi connectivity index (χ3n) is 4.08. The van der Waals surface area contributed by atoms with Crippen LogP contribution in [0.4, 0.5) is 5.69 Å². The molecule has 1 fully saturated rings. The van der Waals surface area contributed by atoms with Crippen LogP contribution in [0.3, 0.4) is 0 Å². The Morgan fingerprint density at radius 3 is 2.43 bits per heavy atom. The van der Waals surface area contributed by atoms with Gasteiger partial charge >= 0.3 is 0 Å². The van der Waals surface area contributed by atoms with Crippen LogP contribution in [-0.2, 0) is 10.0 Å². The van der Waals surface area contributed by atoms with Gasteiger partial charge in [-0.15, -0.1) is 0 Å². The van der Waals surface area contributed by atoms with Crippen molar-refractivity contribution in [3.05, 3.63) is 23.3 Å². The molecule has 0 radical (unpaired) electrons. The Morgan fingerprint density at radius 2 is 1.95 bits per heavy atom. The van der Waals surface area contributed by atoms with Gasteiger partial charge in [0.05, 0.1) is 4.90 Å². The van der Waals surface area contributed by atoms with Crippen molar-refractivity contribution in [2.45, 2.75) is 37.6 Å². The second-order valence-corrected chi connectivity index (χ2v) is 7.42. The zero-order valence-electron chi connectivity index (χ0n) is 12.8. The fourth-order valence-electron chi connectivity index (χ4n) is 2.97. The Bertz CT molecular complexity index is 592. The average Bonchev–Trinajstić information content (AvgIpc) is 2.80. The lowest BCUT2D eigenvalue weighted by Gasteiger charge is -2.20. The number of aryl methyl sites for hydroxylation is 2. The van der Waals surface area contributed by atoms with E-state index in [0.717, 1.165) is 19.4 Å². The van der Waals surface area contributed by atoms with Crippen LogP contribution in [0.1, 0.15) is 24.0 Å². The minimum absolute atomic E-state index is 0.283. The highest BCUT2D eigenvalue weighted by Crippen LogP contribution is 2.24. The molecule has 118 valence electrons. The second-order valence-electron chi connectivity index (χ2n) is 5.71. The Morgan fingerprint density at radius 1 is 1.33 bits per heavy atom. The molecule has 7 heteroatoms. The van der Waals surface area contributed by atoms with Crippen LogP contribution in [0.2, 0.25) is 0 Å². The second kappa shape index (κ2) is 6.31. The molecule has 1 atom stereocenters. The van der Waals surface area contributed by atoms with Crippen LogP contribution in [0.5, 0.6) is 0 Å². The molecule has 0 amide bonds. The standard InChI is InChI=1S/C14H24N4O2S/c1-10-7-12(17-15)8-11(2)14(10)21(19,20)16-9-13-5-4-6-18(13)3/h7-8,13,16-17H,4-6,9,15H2,1-3H3. The van der Waals surface area contributed by atoms with Crippen molar-refractivity contribution < 1.29 is 8.42 Å². The number of nitrogen functional groups attached to an aromatic ring is 1. The van der Waals surface area contributed by atoms with E-state index < -0.39 is 10.0 Å². The quantitative estimate of drug-likeness (QED) is 0.557. The zero-order valence-corrected chi connectivity index (χ0v) is 13.6. The molecule has 1 aromatic rings. The molecule has 0 aliphatic carbocycles. The number of benzene rings is 1. The van der Waals surface area contributed by atoms with Gasteiger partial charge in [0.25, 0.3) is 0 Å². The van der Waals surface area contributed by atoms with Crippen molar-refractivity contribution in [1.82, 2.24) is 9.62 Å². The molecule has 0 saturated carbocycles. The summed E-state index contributed by atoms with van der Waals surface area (Å²) in [6.07, 6.45) is 2.16. The molecule has 1 aliphatic heterocycles. The van der Waals surface area contributed by atoms with Gasteiger partial charge < -0.3 is 10.3 Å². The van der Waals surface area contributed by atoms with Crippen LogP contribution < -0.4 is 16.0 Å². The van der Waals surface area contributed by atoms with Crippen LogP contribution in [0.25, 0.3) is 0 Å². The maximum absolute atomic E-state index is 12.6. The number of hydrogen-bond donors (Lipinski definition) is 3. The highest BCUT2D eigenvalue weighted by atomic mass is 32.2. The minimum Gasteiger partial charge on any atom is -0.324 e. The topological polar surface area (TPSA) is 87.5 Å². The molecule has 1 saturated heterocycles. The van der Waals surface area contributed by atoms with Gasteiger partial charge in [-0.25, -0.2) is 13.1 Å². The van der Waals surface area contributed by atoms with E-state index in [9.17, 15) is 8.42 Å². The maximum Gasteiger partial charge on any atom is 0.241 e. The number of rotatable bonds is 5. The monoisotopic (exact) mass is 312 g/mol. The molecular formula is C14H24N4O2S. The third kappa shape index (κ3) is 3.55. The first-order valence-corrected chi connectivity index (χ1v) is 8.61. The SMILES string of the molecule is Cc1cc(NN)cc(C)c1S(=O)(=O)NCC1CCCN1C. The Kier molecular flexibility index (Phi) is 4.88. The van der Waals surface area contributed by atoms with Gasteiger partial charge in [-0.2, -0.15) is 0 Å². The van der Waals surface area contributed by atoms with Crippen LogP contribution in [-0.4, -0.2) is 39.5 Å². The molecule has 6 nitrogen and oxygen atoms in total. The Balaban J connectivity index is 2.19. The van der Waals surface area contributed by atoms with Gasteiger partial charge in [-0.1, -0.05) is 0 Å². The molecule has 1 aliphatic rings.